The SMILES string of the molecule is CCCC(=O)NCCOCCC=O. The van der Waals surface area contributed by atoms with E-state index in [2.05, 4.69) is 5.32 Å². The van der Waals surface area contributed by atoms with Crippen LogP contribution < -0.4 is 5.32 Å². The highest BCUT2D eigenvalue weighted by atomic mass is 16.5. The maximum Gasteiger partial charge on any atom is 0.220 e. The van der Waals surface area contributed by atoms with E-state index < -0.39 is 0 Å². The predicted octanol–water partition coefficient (Wildman–Crippen LogP) is 0.508. The van der Waals surface area contributed by atoms with Crippen molar-refractivity contribution >= 4 is 12.2 Å². The first-order valence-corrected chi connectivity index (χ1v) is 4.59. The van der Waals surface area contributed by atoms with E-state index in [1.54, 1.807) is 0 Å². The van der Waals surface area contributed by atoms with E-state index >= 15 is 0 Å². The number of rotatable bonds is 8. The van der Waals surface area contributed by atoms with Crippen molar-refractivity contribution in [2.75, 3.05) is 19.8 Å². The summed E-state index contributed by atoms with van der Waals surface area (Å²) in [5.74, 6) is 0.0569. The highest BCUT2D eigenvalue weighted by Gasteiger charge is 1.96. The van der Waals surface area contributed by atoms with Crippen LogP contribution in [0.4, 0.5) is 0 Å². The number of carbonyl (C=O) groups excluding carboxylic acids is 2. The average molecular weight is 187 g/mol. The number of hydrogen-bond donors (Lipinski definition) is 1. The molecule has 1 N–H and O–H groups in total. The Bertz CT molecular complexity index is 148. The van der Waals surface area contributed by atoms with E-state index in [4.69, 9.17) is 4.74 Å². The Hall–Kier alpha value is -0.900. The minimum atomic E-state index is 0.0569. The minimum absolute atomic E-state index is 0.0569. The summed E-state index contributed by atoms with van der Waals surface area (Å²) in [7, 11) is 0. The molecule has 0 aliphatic rings. The lowest BCUT2D eigenvalue weighted by Gasteiger charge is -2.04. The Kier molecular flexibility index (Phi) is 8.55. The first-order chi connectivity index (χ1) is 6.31. The first-order valence-electron chi connectivity index (χ1n) is 4.59. The summed E-state index contributed by atoms with van der Waals surface area (Å²) < 4.78 is 5.06. The smallest absolute Gasteiger partial charge is 0.220 e. The zero-order valence-corrected chi connectivity index (χ0v) is 8.04. The molecule has 0 unspecified atom stereocenters. The molecule has 0 heterocycles. The van der Waals surface area contributed by atoms with E-state index in [0.29, 0.717) is 32.6 Å². The van der Waals surface area contributed by atoms with Gasteiger partial charge in [-0.2, -0.15) is 0 Å². The monoisotopic (exact) mass is 187 g/mol. The number of aldehydes is 1. The second kappa shape index (κ2) is 9.19. The molecular weight excluding hydrogens is 170 g/mol. The Balaban J connectivity index is 3.06. The summed E-state index contributed by atoms with van der Waals surface area (Å²) in [5.41, 5.74) is 0. The van der Waals surface area contributed by atoms with Crippen molar-refractivity contribution in [1.29, 1.82) is 0 Å². The average Bonchev–Trinajstić information content (AvgIpc) is 2.11. The Morgan fingerprint density at radius 1 is 1.46 bits per heavy atom. The van der Waals surface area contributed by atoms with Gasteiger partial charge < -0.3 is 14.8 Å². The lowest BCUT2D eigenvalue weighted by molar-refractivity contribution is -0.121. The summed E-state index contributed by atoms with van der Waals surface area (Å²) in [5, 5.41) is 2.71. The van der Waals surface area contributed by atoms with Crippen LogP contribution in [0.1, 0.15) is 26.2 Å². The molecule has 0 saturated heterocycles. The number of amides is 1. The fourth-order valence-electron chi connectivity index (χ4n) is 0.812. The van der Waals surface area contributed by atoms with Crippen molar-refractivity contribution in [3.8, 4) is 0 Å². The lowest BCUT2D eigenvalue weighted by atomic mass is 10.3. The van der Waals surface area contributed by atoms with Gasteiger partial charge in [-0.15, -0.1) is 0 Å². The summed E-state index contributed by atoms with van der Waals surface area (Å²) in [4.78, 5) is 20.8. The summed E-state index contributed by atoms with van der Waals surface area (Å²) in [6.07, 6.45) is 2.66. The topological polar surface area (TPSA) is 55.4 Å². The lowest BCUT2D eigenvalue weighted by Crippen LogP contribution is -2.26. The molecule has 13 heavy (non-hydrogen) atoms. The molecule has 0 aromatic heterocycles. The van der Waals surface area contributed by atoms with Gasteiger partial charge in [-0.25, -0.2) is 0 Å². The molecule has 0 aliphatic carbocycles. The van der Waals surface area contributed by atoms with E-state index in [1.807, 2.05) is 6.92 Å². The van der Waals surface area contributed by atoms with E-state index in [9.17, 15) is 9.59 Å². The molecule has 0 aromatic carbocycles. The third-order valence-corrected chi connectivity index (χ3v) is 1.43. The van der Waals surface area contributed by atoms with Crippen LogP contribution in [0.25, 0.3) is 0 Å². The van der Waals surface area contributed by atoms with Gasteiger partial charge in [0.05, 0.1) is 13.2 Å². The van der Waals surface area contributed by atoms with Crippen LogP contribution in [0, 0.1) is 0 Å². The van der Waals surface area contributed by atoms with Gasteiger partial charge in [0.1, 0.15) is 6.29 Å². The van der Waals surface area contributed by atoms with Gasteiger partial charge in [0.25, 0.3) is 0 Å². The standard InChI is InChI=1S/C9H17NO3/c1-2-4-9(12)10-5-8-13-7-3-6-11/h6H,2-5,7-8H2,1H3,(H,10,12). The van der Waals surface area contributed by atoms with Gasteiger partial charge in [0.2, 0.25) is 5.91 Å². The third kappa shape index (κ3) is 9.01. The quantitative estimate of drug-likeness (QED) is 0.445. The number of nitrogens with one attached hydrogen (secondary N) is 1. The highest BCUT2D eigenvalue weighted by molar-refractivity contribution is 5.75. The molecule has 4 nitrogen and oxygen atoms in total. The Morgan fingerprint density at radius 3 is 2.85 bits per heavy atom. The van der Waals surface area contributed by atoms with Crippen molar-refractivity contribution < 1.29 is 14.3 Å². The number of ether oxygens (including phenoxy) is 1. The second-order valence-corrected chi connectivity index (χ2v) is 2.67. The molecule has 0 rings (SSSR count). The molecule has 0 aromatic rings. The molecule has 4 heteroatoms. The number of hydrogen-bond acceptors (Lipinski definition) is 3. The van der Waals surface area contributed by atoms with Crippen molar-refractivity contribution in [2.45, 2.75) is 26.2 Å². The van der Waals surface area contributed by atoms with Gasteiger partial charge in [-0.05, 0) is 6.42 Å². The van der Waals surface area contributed by atoms with Gasteiger partial charge in [-0.1, -0.05) is 6.92 Å². The molecule has 0 atom stereocenters. The Morgan fingerprint density at radius 2 is 2.23 bits per heavy atom. The largest absolute Gasteiger partial charge is 0.379 e. The molecule has 0 fully saturated rings. The molecule has 0 bridgehead atoms. The van der Waals surface area contributed by atoms with Crippen LogP contribution in [0.2, 0.25) is 0 Å². The number of carbonyl (C=O) groups is 2. The molecule has 1 amide bonds. The molecule has 0 radical (unpaired) electrons. The van der Waals surface area contributed by atoms with Gasteiger partial charge in [0.15, 0.2) is 0 Å². The molecule has 0 spiro atoms. The van der Waals surface area contributed by atoms with Crippen LogP contribution in [-0.4, -0.2) is 32.0 Å². The summed E-state index contributed by atoms with van der Waals surface area (Å²) in [6, 6.07) is 0. The molecule has 0 aliphatic heterocycles. The van der Waals surface area contributed by atoms with Crippen LogP contribution in [0.3, 0.4) is 0 Å². The molecule has 76 valence electrons. The van der Waals surface area contributed by atoms with E-state index in [1.165, 1.54) is 0 Å². The minimum Gasteiger partial charge on any atom is -0.379 e. The van der Waals surface area contributed by atoms with Crippen LogP contribution >= 0.6 is 0 Å². The van der Waals surface area contributed by atoms with Crippen molar-refractivity contribution in [2.24, 2.45) is 0 Å². The predicted molar refractivity (Wildman–Crippen MR) is 49.4 cm³/mol. The van der Waals surface area contributed by atoms with Crippen LogP contribution in [-0.2, 0) is 14.3 Å². The van der Waals surface area contributed by atoms with Crippen molar-refractivity contribution in [3.63, 3.8) is 0 Å². The maximum atomic E-state index is 10.9. The van der Waals surface area contributed by atoms with Gasteiger partial charge >= 0.3 is 0 Å². The maximum absolute atomic E-state index is 10.9. The zero-order valence-electron chi connectivity index (χ0n) is 8.04. The zero-order chi connectivity index (χ0) is 9.94. The normalized spacial score (nSPS) is 9.62. The fourth-order valence-corrected chi connectivity index (χ4v) is 0.812. The second-order valence-electron chi connectivity index (χ2n) is 2.67. The van der Waals surface area contributed by atoms with Gasteiger partial charge in [-0.3, -0.25) is 4.79 Å². The first kappa shape index (κ1) is 12.1. The van der Waals surface area contributed by atoms with Crippen molar-refractivity contribution in [1.82, 2.24) is 5.32 Å². The van der Waals surface area contributed by atoms with Crippen molar-refractivity contribution in [3.05, 3.63) is 0 Å². The van der Waals surface area contributed by atoms with E-state index in [0.717, 1.165) is 12.7 Å². The van der Waals surface area contributed by atoms with Gasteiger partial charge in [0, 0.05) is 19.4 Å². The van der Waals surface area contributed by atoms with E-state index in [-0.39, 0.29) is 5.91 Å². The van der Waals surface area contributed by atoms with Crippen LogP contribution in [0.5, 0.6) is 0 Å². The highest BCUT2D eigenvalue weighted by Crippen LogP contribution is 1.85. The molecule has 0 saturated carbocycles. The summed E-state index contributed by atoms with van der Waals surface area (Å²) >= 11 is 0. The summed E-state index contributed by atoms with van der Waals surface area (Å²) in [6.45, 7) is 3.40. The third-order valence-electron chi connectivity index (χ3n) is 1.43. The Labute approximate surface area is 78.6 Å². The van der Waals surface area contributed by atoms with Crippen LogP contribution in [0.15, 0.2) is 0 Å². The fraction of sp³-hybridized carbons (Fsp3) is 0.778. The molecular formula is C9H17NO3.